The van der Waals surface area contributed by atoms with E-state index in [1.54, 1.807) is 24.1 Å². The van der Waals surface area contributed by atoms with Crippen molar-refractivity contribution in [1.29, 1.82) is 5.26 Å². The van der Waals surface area contributed by atoms with E-state index in [1.165, 1.54) is 11.1 Å². The Balaban J connectivity index is 1.26. The van der Waals surface area contributed by atoms with Crippen molar-refractivity contribution in [2.45, 2.75) is 62.5 Å². The molecule has 2 aliphatic carbocycles. The minimum Gasteiger partial charge on any atom is -0.379 e. The fourth-order valence-electron chi connectivity index (χ4n) is 6.50. The number of hydrogen-bond acceptors (Lipinski definition) is 9. The molecule has 2 bridgehead atoms. The lowest BCUT2D eigenvalue weighted by Gasteiger charge is -2.52. The van der Waals surface area contributed by atoms with Crippen molar-refractivity contribution in [1.82, 2.24) is 19.8 Å². The first-order valence-electron chi connectivity index (χ1n) is 14.2. The quantitative estimate of drug-likeness (QED) is 0.476. The Morgan fingerprint density at radius 1 is 1.31 bits per heavy atom. The molecular formula is C29H33FN8O4. The topological polar surface area (TPSA) is 144 Å². The number of anilines is 3. The van der Waals surface area contributed by atoms with Crippen LogP contribution in [0, 0.1) is 11.3 Å². The van der Waals surface area contributed by atoms with E-state index in [2.05, 4.69) is 26.7 Å². The summed E-state index contributed by atoms with van der Waals surface area (Å²) in [6.45, 7) is 1.59. The monoisotopic (exact) mass is 576 g/mol. The second-order valence-corrected chi connectivity index (χ2v) is 11.6. The number of hydrogen-bond donors (Lipinski definition) is 2. The van der Waals surface area contributed by atoms with Gasteiger partial charge in [-0.25, -0.2) is 19.2 Å². The molecule has 2 atom stereocenters. The maximum atomic E-state index is 15.9. The summed E-state index contributed by atoms with van der Waals surface area (Å²) in [7, 11) is 3.53. The van der Waals surface area contributed by atoms with Crippen molar-refractivity contribution in [2.24, 2.45) is 0 Å². The lowest BCUT2D eigenvalue weighted by molar-refractivity contribution is -0.136. The first-order valence-corrected chi connectivity index (χ1v) is 14.2. The van der Waals surface area contributed by atoms with Gasteiger partial charge in [-0.3, -0.25) is 24.7 Å². The zero-order valence-corrected chi connectivity index (χ0v) is 23.6. The highest BCUT2D eigenvalue weighted by molar-refractivity contribution is 6.03. The van der Waals surface area contributed by atoms with Gasteiger partial charge in [-0.2, -0.15) is 5.26 Å². The highest BCUT2D eigenvalue weighted by Crippen LogP contribution is 2.56. The summed E-state index contributed by atoms with van der Waals surface area (Å²) in [6.07, 6.45) is 5.01. The SMILES string of the molecule is CO[C@@H]1CCC[C@H]1Nc1cc(NC(=O)N2c3nc(C=O)c(CN4CCN(C)CC4=O)cc3C3(F)CC2C3)ncc1C#N. The first-order chi connectivity index (χ1) is 20.2. The number of halogens is 1. The third kappa shape index (κ3) is 4.94. The smallest absolute Gasteiger partial charge is 0.328 e. The molecular weight excluding hydrogens is 543 g/mol. The summed E-state index contributed by atoms with van der Waals surface area (Å²) in [4.78, 5) is 51.9. The number of alkyl halides is 1. The van der Waals surface area contributed by atoms with Crippen molar-refractivity contribution in [3.05, 3.63) is 40.7 Å². The molecule has 2 N–H and O–H groups in total. The van der Waals surface area contributed by atoms with Crippen molar-refractivity contribution in [3.63, 3.8) is 0 Å². The summed E-state index contributed by atoms with van der Waals surface area (Å²) >= 11 is 0. The molecule has 3 aliphatic heterocycles. The molecule has 5 heterocycles. The number of nitrogens with zero attached hydrogens (tertiary/aromatic N) is 6. The average Bonchev–Trinajstić information content (AvgIpc) is 3.41. The number of aldehydes is 1. The number of methoxy groups -OCH3 is 1. The summed E-state index contributed by atoms with van der Waals surface area (Å²) in [6, 6.07) is 4.35. The lowest BCUT2D eigenvalue weighted by atomic mass is 9.68. The van der Waals surface area contributed by atoms with Gasteiger partial charge in [0, 0.05) is 69.0 Å². The van der Waals surface area contributed by atoms with E-state index in [4.69, 9.17) is 4.74 Å². The predicted molar refractivity (Wildman–Crippen MR) is 151 cm³/mol. The number of nitriles is 1. The van der Waals surface area contributed by atoms with Gasteiger partial charge < -0.3 is 15.0 Å². The van der Waals surface area contributed by atoms with Gasteiger partial charge in [-0.05, 0) is 32.4 Å². The molecule has 3 fully saturated rings. The van der Waals surface area contributed by atoms with Crippen LogP contribution in [-0.4, -0.2) is 90.0 Å². The molecule has 1 saturated heterocycles. The molecule has 0 spiro atoms. The minimum absolute atomic E-state index is 0.0181. The number of piperazine rings is 1. The second-order valence-electron chi connectivity index (χ2n) is 11.6. The van der Waals surface area contributed by atoms with E-state index in [0.29, 0.717) is 36.2 Å². The molecule has 12 nitrogen and oxygen atoms in total. The van der Waals surface area contributed by atoms with Crippen LogP contribution < -0.4 is 15.5 Å². The number of amides is 3. The minimum atomic E-state index is -1.66. The molecule has 2 aromatic rings. The molecule has 42 heavy (non-hydrogen) atoms. The first kappa shape index (κ1) is 28.0. The van der Waals surface area contributed by atoms with Crippen LogP contribution in [0.15, 0.2) is 18.3 Å². The number of nitrogens with one attached hydrogen (secondary N) is 2. The number of urea groups is 1. The van der Waals surface area contributed by atoms with Crippen molar-refractivity contribution in [3.8, 4) is 6.07 Å². The number of pyridine rings is 2. The van der Waals surface area contributed by atoms with Gasteiger partial charge in [-0.15, -0.1) is 0 Å². The largest absolute Gasteiger partial charge is 0.379 e. The fraction of sp³-hybridized carbons (Fsp3) is 0.517. The maximum Gasteiger partial charge on any atom is 0.328 e. The van der Waals surface area contributed by atoms with Gasteiger partial charge in [0.05, 0.1) is 29.9 Å². The third-order valence-corrected chi connectivity index (χ3v) is 8.87. The molecule has 0 radical (unpaired) electrons. The van der Waals surface area contributed by atoms with E-state index >= 15 is 4.39 Å². The Labute approximate surface area is 242 Å². The van der Waals surface area contributed by atoms with Crippen LogP contribution in [0.3, 0.4) is 0 Å². The Kier molecular flexibility index (Phi) is 7.28. The molecule has 5 aliphatic rings. The van der Waals surface area contributed by atoms with Crippen LogP contribution in [0.1, 0.15) is 59.3 Å². The molecule has 3 amide bonds. The van der Waals surface area contributed by atoms with Crippen molar-refractivity contribution < 1.29 is 23.5 Å². The molecule has 220 valence electrons. The number of carbonyl (C=O) groups excluding carboxylic acids is 3. The average molecular weight is 577 g/mol. The van der Waals surface area contributed by atoms with Crippen LogP contribution in [0.4, 0.5) is 26.5 Å². The van der Waals surface area contributed by atoms with E-state index in [-0.39, 0.29) is 66.9 Å². The summed E-state index contributed by atoms with van der Waals surface area (Å²) in [5.74, 6) is 0.230. The number of aromatic nitrogens is 2. The van der Waals surface area contributed by atoms with Gasteiger partial charge >= 0.3 is 6.03 Å². The Bertz CT molecular complexity index is 1470. The van der Waals surface area contributed by atoms with Crippen LogP contribution in [0.5, 0.6) is 0 Å². The Morgan fingerprint density at radius 3 is 2.83 bits per heavy atom. The summed E-state index contributed by atoms with van der Waals surface area (Å²) in [5, 5.41) is 15.8. The molecule has 2 saturated carbocycles. The summed E-state index contributed by atoms with van der Waals surface area (Å²) < 4.78 is 21.4. The van der Waals surface area contributed by atoms with Gasteiger partial charge in [0.25, 0.3) is 0 Å². The molecule has 0 unspecified atom stereocenters. The van der Waals surface area contributed by atoms with Gasteiger partial charge in [-0.1, -0.05) is 0 Å². The van der Waals surface area contributed by atoms with Crippen LogP contribution in [-0.2, 0) is 21.7 Å². The van der Waals surface area contributed by atoms with Crippen molar-refractivity contribution >= 4 is 35.5 Å². The van der Waals surface area contributed by atoms with Crippen molar-refractivity contribution in [2.75, 3.05) is 49.3 Å². The van der Waals surface area contributed by atoms with E-state index in [9.17, 15) is 19.6 Å². The Hall–Kier alpha value is -4.15. The molecule has 2 aromatic heterocycles. The van der Waals surface area contributed by atoms with E-state index in [0.717, 1.165) is 19.3 Å². The van der Waals surface area contributed by atoms with Gasteiger partial charge in [0.1, 0.15) is 29.1 Å². The standard InChI is InChI=1S/C29H33FN8O4/c1-36-6-7-37(26(40)15-36)14-17-8-20-27(34-23(17)16-39)38(19-10-29(20,30)11-19)28(41)35-25-9-22(18(12-31)13-32-25)33-21-4-3-5-24(21)42-2/h8-9,13,16,19,21,24H,3-7,10-11,14-15H2,1-2H3,(H2,32,33,35,41)/t19?,21-,24-,29?/m1/s1. The van der Waals surface area contributed by atoms with E-state index in [1.807, 2.05) is 11.9 Å². The van der Waals surface area contributed by atoms with Crippen LogP contribution in [0.25, 0.3) is 0 Å². The molecule has 0 aromatic carbocycles. The van der Waals surface area contributed by atoms with Gasteiger partial charge in [0.15, 0.2) is 6.29 Å². The van der Waals surface area contributed by atoms with Gasteiger partial charge in [0.2, 0.25) is 5.91 Å². The highest BCUT2D eigenvalue weighted by Gasteiger charge is 2.57. The molecule has 7 rings (SSSR count). The highest BCUT2D eigenvalue weighted by atomic mass is 19.1. The number of likely N-dealkylation sites (N-methyl/N-ethyl adjacent to an activating group) is 1. The number of carbonyl (C=O) groups is 3. The fourth-order valence-corrected chi connectivity index (χ4v) is 6.50. The van der Waals surface area contributed by atoms with E-state index < -0.39 is 17.7 Å². The Morgan fingerprint density at radius 2 is 2.12 bits per heavy atom. The summed E-state index contributed by atoms with van der Waals surface area (Å²) in [5.41, 5.74) is -0.0286. The normalized spacial score (nSPS) is 26.7. The van der Waals surface area contributed by atoms with Crippen LogP contribution in [0.2, 0.25) is 0 Å². The van der Waals surface area contributed by atoms with Crippen LogP contribution >= 0.6 is 0 Å². The zero-order valence-electron chi connectivity index (χ0n) is 23.6. The molecule has 13 heteroatoms. The lowest BCUT2D eigenvalue weighted by Crippen LogP contribution is -2.60. The number of ether oxygens (including phenoxy) is 1. The second kappa shape index (κ2) is 10.9. The number of rotatable bonds is 7. The third-order valence-electron chi connectivity index (χ3n) is 8.87. The zero-order chi connectivity index (χ0) is 29.6. The predicted octanol–water partition coefficient (Wildman–Crippen LogP) is 2.79. The maximum absolute atomic E-state index is 15.9.